The lowest BCUT2D eigenvalue weighted by Crippen LogP contribution is -2.06. The van der Waals surface area contributed by atoms with Crippen LogP contribution in [0.3, 0.4) is 0 Å². The maximum Gasteiger partial charge on any atom is 0.262 e. The molecule has 0 aliphatic rings. The third-order valence-electron chi connectivity index (χ3n) is 1.54. The Bertz CT molecular complexity index is 293. The van der Waals surface area contributed by atoms with E-state index in [0.717, 1.165) is 0 Å². The van der Waals surface area contributed by atoms with E-state index in [9.17, 15) is 0 Å². The highest BCUT2D eigenvalue weighted by molar-refractivity contribution is 5.54. The predicted octanol–water partition coefficient (Wildman–Crippen LogP) is -0.102. The molecule has 78 valence electrons. The van der Waals surface area contributed by atoms with Crippen molar-refractivity contribution < 1.29 is 14.6 Å². The Morgan fingerprint density at radius 1 is 1.50 bits per heavy atom. The van der Waals surface area contributed by atoms with Gasteiger partial charge in [0.15, 0.2) is 5.82 Å². The highest BCUT2D eigenvalue weighted by Gasteiger charge is 2.11. The van der Waals surface area contributed by atoms with Gasteiger partial charge in [-0.2, -0.15) is 4.98 Å². The summed E-state index contributed by atoms with van der Waals surface area (Å²) in [6.07, 6.45) is 1.36. The Morgan fingerprint density at radius 2 is 2.29 bits per heavy atom. The maximum atomic E-state index is 8.59. The van der Waals surface area contributed by atoms with Gasteiger partial charge in [-0.3, -0.25) is 0 Å². The summed E-state index contributed by atoms with van der Waals surface area (Å²) in [5.74, 6) is 1.31. The molecule has 6 nitrogen and oxygen atoms in total. The standard InChI is InChI=1S/C8H13N3O3/c1-9-7-6(13-2)8(11-5-10-7)14-4-3-12/h5,12H,3-4H2,1-2H3,(H,9,10,11). The van der Waals surface area contributed by atoms with Crippen molar-refractivity contribution in [3.63, 3.8) is 0 Å². The van der Waals surface area contributed by atoms with E-state index in [4.69, 9.17) is 14.6 Å². The first-order valence-electron chi connectivity index (χ1n) is 4.14. The van der Waals surface area contributed by atoms with Gasteiger partial charge in [-0.1, -0.05) is 0 Å². The van der Waals surface area contributed by atoms with Gasteiger partial charge in [0, 0.05) is 7.05 Å². The molecule has 0 unspecified atom stereocenters. The van der Waals surface area contributed by atoms with Crippen LogP contribution in [0.25, 0.3) is 0 Å². The molecule has 1 rings (SSSR count). The lowest BCUT2D eigenvalue weighted by molar-refractivity contribution is 0.191. The summed E-state index contributed by atoms with van der Waals surface area (Å²) in [4.78, 5) is 7.83. The van der Waals surface area contributed by atoms with Crippen LogP contribution in [0.15, 0.2) is 6.33 Å². The van der Waals surface area contributed by atoms with Crippen LogP contribution in [0, 0.1) is 0 Å². The molecular weight excluding hydrogens is 186 g/mol. The molecule has 14 heavy (non-hydrogen) atoms. The first kappa shape index (κ1) is 10.5. The van der Waals surface area contributed by atoms with Crippen molar-refractivity contribution >= 4 is 5.82 Å². The van der Waals surface area contributed by atoms with Crippen molar-refractivity contribution in [1.82, 2.24) is 9.97 Å². The zero-order chi connectivity index (χ0) is 10.4. The quantitative estimate of drug-likeness (QED) is 0.689. The highest BCUT2D eigenvalue weighted by Crippen LogP contribution is 2.30. The molecule has 0 aliphatic heterocycles. The van der Waals surface area contributed by atoms with Crippen molar-refractivity contribution in [1.29, 1.82) is 0 Å². The molecule has 0 aromatic carbocycles. The topological polar surface area (TPSA) is 76.5 Å². The number of aliphatic hydroxyl groups is 1. The molecule has 0 saturated heterocycles. The third-order valence-corrected chi connectivity index (χ3v) is 1.54. The van der Waals surface area contributed by atoms with E-state index in [1.54, 1.807) is 7.05 Å². The van der Waals surface area contributed by atoms with E-state index in [1.807, 2.05) is 0 Å². The van der Waals surface area contributed by atoms with Crippen LogP contribution in [0.4, 0.5) is 5.82 Å². The fraction of sp³-hybridized carbons (Fsp3) is 0.500. The molecule has 2 N–H and O–H groups in total. The number of aliphatic hydroxyl groups excluding tert-OH is 1. The van der Waals surface area contributed by atoms with Gasteiger partial charge < -0.3 is 19.9 Å². The summed E-state index contributed by atoms with van der Waals surface area (Å²) >= 11 is 0. The molecule has 6 heteroatoms. The summed E-state index contributed by atoms with van der Waals surface area (Å²) in [5, 5.41) is 11.4. The van der Waals surface area contributed by atoms with Crippen molar-refractivity contribution in [2.45, 2.75) is 0 Å². The van der Waals surface area contributed by atoms with Gasteiger partial charge in [-0.15, -0.1) is 0 Å². The van der Waals surface area contributed by atoms with E-state index in [2.05, 4.69) is 15.3 Å². The van der Waals surface area contributed by atoms with E-state index in [0.29, 0.717) is 17.4 Å². The summed E-state index contributed by atoms with van der Waals surface area (Å²) in [7, 11) is 3.23. The average molecular weight is 199 g/mol. The zero-order valence-corrected chi connectivity index (χ0v) is 8.15. The SMILES string of the molecule is CNc1ncnc(OCCO)c1OC. The van der Waals surface area contributed by atoms with Crippen molar-refractivity contribution in [2.75, 3.05) is 32.7 Å². The predicted molar refractivity (Wildman–Crippen MR) is 50.7 cm³/mol. The second kappa shape index (κ2) is 5.23. The average Bonchev–Trinajstić information content (AvgIpc) is 2.25. The van der Waals surface area contributed by atoms with Gasteiger partial charge in [-0.25, -0.2) is 4.98 Å². The van der Waals surface area contributed by atoms with Crippen LogP contribution in [-0.2, 0) is 0 Å². The Hall–Kier alpha value is -1.56. The number of ether oxygens (including phenoxy) is 2. The number of nitrogens with one attached hydrogen (secondary N) is 1. The van der Waals surface area contributed by atoms with Gasteiger partial charge in [0.2, 0.25) is 5.75 Å². The number of hydrogen-bond acceptors (Lipinski definition) is 6. The van der Waals surface area contributed by atoms with Gasteiger partial charge in [-0.05, 0) is 0 Å². The van der Waals surface area contributed by atoms with Crippen LogP contribution in [0.1, 0.15) is 0 Å². The van der Waals surface area contributed by atoms with E-state index >= 15 is 0 Å². The number of aromatic nitrogens is 2. The number of anilines is 1. The van der Waals surface area contributed by atoms with E-state index < -0.39 is 0 Å². The summed E-state index contributed by atoms with van der Waals surface area (Å²) < 4.78 is 10.2. The monoisotopic (exact) mass is 199 g/mol. The second-order valence-corrected chi connectivity index (χ2v) is 2.38. The normalized spacial score (nSPS) is 9.64. The summed E-state index contributed by atoms with van der Waals surface area (Å²) in [6.45, 7) is 0.110. The van der Waals surface area contributed by atoms with Gasteiger partial charge in [0.25, 0.3) is 5.88 Å². The number of hydrogen-bond donors (Lipinski definition) is 2. The molecule has 0 atom stereocenters. The number of methoxy groups -OCH3 is 1. The van der Waals surface area contributed by atoms with Gasteiger partial charge in [0.1, 0.15) is 12.9 Å². The Labute approximate surface area is 81.9 Å². The first-order chi connectivity index (χ1) is 6.83. The molecule has 0 aliphatic carbocycles. The lowest BCUT2D eigenvalue weighted by atomic mass is 10.5. The van der Waals surface area contributed by atoms with E-state index in [-0.39, 0.29) is 13.2 Å². The molecule has 0 amide bonds. The number of nitrogens with zero attached hydrogens (tertiary/aromatic N) is 2. The fourth-order valence-corrected chi connectivity index (χ4v) is 0.965. The largest absolute Gasteiger partial charge is 0.489 e. The van der Waals surface area contributed by atoms with E-state index in [1.165, 1.54) is 13.4 Å². The molecule has 1 aromatic heterocycles. The first-order valence-corrected chi connectivity index (χ1v) is 4.14. The summed E-state index contributed by atoms with van der Waals surface area (Å²) in [5.41, 5.74) is 0. The van der Waals surface area contributed by atoms with Crippen LogP contribution >= 0.6 is 0 Å². The molecular formula is C8H13N3O3. The van der Waals surface area contributed by atoms with Crippen LogP contribution in [-0.4, -0.2) is 42.4 Å². The number of rotatable bonds is 5. The summed E-state index contributed by atoms with van der Waals surface area (Å²) in [6, 6.07) is 0. The van der Waals surface area contributed by atoms with Crippen molar-refractivity contribution in [2.24, 2.45) is 0 Å². The smallest absolute Gasteiger partial charge is 0.262 e. The van der Waals surface area contributed by atoms with Crippen molar-refractivity contribution in [3.8, 4) is 11.6 Å². The Balaban J connectivity index is 2.90. The van der Waals surface area contributed by atoms with Crippen LogP contribution in [0.2, 0.25) is 0 Å². The van der Waals surface area contributed by atoms with Crippen molar-refractivity contribution in [3.05, 3.63) is 6.33 Å². The molecule has 1 heterocycles. The molecule has 0 bridgehead atoms. The maximum absolute atomic E-state index is 8.59. The fourth-order valence-electron chi connectivity index (χ4n) is 0.965. The molecule has 0 spiro atoms. The molecule has 0 saturated carbocycles. The van der Waals surface area contributed by atoms with Crippen LogP contribution in [0.5, 0.6) is 11.6 Å². The minimum Gasteiger partial charge on any atom is -0.489 e. The second-order valence-electron chi connectivity index (χ2n) is 2.38. The van der Waals surface area contributed by atoms with Gasteiger partial charge in [0.05, 0.1) is 13.7 Å². The van der Waals surface area contributed by atoms with Crippen LogP contribution < -0.4 is 14.8 Å². The minimum atomic E-state index is -0.0674. The highest BCUT2D eigenvalue weighted by atomic mass is 16.5. The molecule has 1 aromatic rings. The Kier molecular flexibility index (Phi) is 3.93. The van der Waals surface area contributed by atoms with Gasteiger partial charge >= 0.3 is 0 Å². The molecule has 0 radical (unpaired) electrons. The lowest BCUT2D eigenvalue weighted by Gasteiger charge is -2.10. The molecule has 0 fully saturated rings. The zero-order valence-electron chi connectivity index (χ0n) is 8.15. The third kappa shape index (κ3) is 2.23. The minimum absolute atomic E-state index is 0.0674. The Morgan fingerprint density at radius 3 is 2.86 bits per heavy atom.